The second-order valence-corrected chi connectivity index (χ2v) is 4.17. The van der Waals surface area contributed by atoms with Gasteiger partial charge in [0.15, 0.2) is 5.57 Å². The first-order valence-corrected chi connectivity index (χ1v) is 6.46. The van der Waals surface area contributed by atoms with Crippen LogP contribution in [0.15, 0.2) is 40.1 Å². The molecule has 0 saturated carbocycles. The molecule has 0 atom stereocenters. The van der Waals surface area contributed by atoms with Crippen molar-refractivity contribution in [1.29, 1.82) is 15.8 Å². The summed E-state index contributed by atoms with van der Waals surface area (Å²) in [4.78, 5) is 4.10. The van der Waals surface area contributed by atoms with Crippen molar-refractivity contribution in [3.63, 3.8) is 0 Å². The monoisotopic (exact) mass is 310 g/mol. The maximum absolute atomic E-state index is 9.08. The van der Waals surface area contributed by atoms with Gasteiger partial charge in [-0.25, -0.2) is 0 Å². The lowest BCUT2D eigenvalue weighted by Gasteiger charge is -2.08. The first-order valence-electron chi connectivity index (χ1n) is 5.93. The standard InChI is InChI=1S/C14H7ClN6O/c15-5-13-20-14(21-22-13)10-3-1-2-4-11(10)19-12(8-18)9(6-16)7-17/h1-4,19H,5H2. The highest BCUT2D eigenvalue weighted by atomic mass is 35.5. The molecule has 0 radical (unpaired) electrons. The third kappa shape index (κ3) is 3.04. The van der Waals surface area contributed by atoms with Crippen LogP contribution in [-0.4, -0.2) is 10.1 Å². The molecule has 1 N–H and O–H groups in total. The Kier molecular flexibility index (Phi) is 4.72. The molecule has 0 bridgehead atoms. The average Bonchev–Trinajstić information content (AvgIpc) is 3.04. The lowest BCUT2D eigenvalue weighted by molar-refractivity contribution is 0.391. The Morgan fingerprint density at radius 1 is 1.18 bits per heavy atom. The van der Waals surface area contributed by atoms with E-state index >= 15 is 0 Å². The van der Waals surface area contributed by atoms with Crippen LogP contribution < -0.4 is 5.32 Å². The van der Waals surface area contributed by atoms with Crippen LogP contribution in [-0.2, 0) is 5.88 Å². The summed E-state index contributed by atoms with van der Waals surface area (Å²) in [6.07, 6.45) is 0. The number of rotatable bonds is 4. The van der Waals surface area contributed by atoms with Crippen LogP contribution in [0.25, 0.3) is 11.4 Å². The third-order valence-corrected chi connectivity index (χ3v) is 2.82. The molecule has 0 fully saturated rings. The SMILES string of the molecule is N#CC(C#N)=C(C#N)Nc1ccccc1-c1noc(CCl)n1. The van der Waals surface area contributed by atoms with Gasteiger partial charge in [-0.3, -0.25) is 0 Å². The second-order valence-electron chi connectivity index (χ2n) is 3.90. The van der Waals surface area contributed by atoms with Crippen LogP contribution in [0.3, 0.4) is 0 Å². The highest BCUT2D eigenvalue weighted by molar-refractivity contribution is 6.16. The van der Waals surface area contributed by atoms with E-state index in [-0.39, 0.29) is 28.9 Å². The van der Waals surface area contributed by atoms with Crippen LogP contribution in [0, 0.1) is 34.0 Å². The van der Waals surface area contributed by atoms with E-state index in [0.717, 1.165) is 0 Å². The van der Waals surface area contributed by atoms with Crippen molar-refractivity contribution in [3.8, 4) is 29.6 Å². The molecule has 1 heterocycles. The molecule has 0 aliphatic heterocycles. The van der Waals surface area contributed by atoms with E-state index in [4.69, 9.17) is 31.9 Å². The Morgan fingerprint density at radius 3 is 2.50 bits per heavy atom. The Morgan fingerprint density at radius 2 is 1.91 bits per heavy atom. The minimum atomic E-state index is -0.313. The summed E-state index contributed by atoms with van der Waals surface area (Å²) >= 11 is 5.62. The second kappa shape index (κ2) is 6.90. The summed E-state index contributed by atoms with van der Waals surface area (Å²) in [5, 5.41) is 33.3. The van der Waals surface area contributed by atoms with Gasteiger partial charge in [0.25, 0.3) is 0 Å². The maximum atomic E-state index is 9.08. The zero-order valence-corrected chi connectivity index (χ0v) is 11.8. The minimum Gasteiger partial charge on any atom is -0.345 e. The van der Waals surface area contributed by atoms with Gasteiger partial charge in [-0.2, -0.15) is 20.8 Å². The molecule has 0 saturated heterocycles. The summed E-state index contributed by atoms with van der Waals surface area (Å²) < 4.78 is 4.94. The van der Waals surface area contributed by atoms with E-state index in [1.54, 1.807) is 42.5 Å². The van der Waals surface area contributed by atoms with E-state index in [9.17, 15) is 0 Å². The summed E-state index contributed by atoms with van der Waals surface area (Å²) in [6, 6.07) is 12.0. The van der Waals surface area contributed by atoms with Crippen molar-refractivity contribution in [2.75, 3.05) is 5.32 Å². The predicted octanol–water partition coefficient (Wildman–Crippen LogP) is 2.71. The summed E-state index contributed by atoms with van der Waals surface area (Å²) in [5.74, 6) is 0.627. The average molecular weight is 311 g/mol. The number of halogens is 1. The zero-order valence-electron chi connectivity index (χ0n) is 11.0. The van der Waals surface area contributed by atoms with Gasteiger partial charge < -0.3 is 9.84 Å². The van der Waals surface area contributed by atoms with Crippen molar-refractivity contribution in [2.24, 2.45) is 0 Å². The number of hydrogen-bond donors (Lipinski definition) is 1. The van der Waals surface area contributed by atoms with Crippen LogP contribution in [0.5, 0.6) is 0 Å². The molecule has 0 spiro atoms. The Hall–Kier alpha value is -3.34. The molecule has 106 valence electrons. The number of nitrogens with zero attached hydrogens (tertiary/aromatic N) is 5. The fraction of sp³-hybridized carbons (Fsp3) is 0.0714. The van der Waals surface area contributed by atoms with E-state index < -0.39 is 0 Å². The van der Waals surface area contributed by atoms with Gasteiger partial charge in [-0.05, 0) is 12.1 Å². The number of para-hydroxylation sites is 1. The molecule has 2 rings (SSSR count). The predicted molar refractivity (Wildman–Crippen MR) is 76.8 cm³/mol. The minimum absolute atomic E-state index is 0.0823. The molecule has 0 unspecified atom stereocenters. The number of anilines is 1. The van der Waals surface area contributed by atoms with Gasteiger partial charge in [0.2, 0.25) is 11.7 Å². The van der Waals surface area contributed by atoms with Gasteiger partial charge in [-0.15, -0.1) is 11.6 Å². The largest absolute Gasteiger partial charge is 0.345 e. The van der Waals surface area contributed by atoms with Crippen LogP contribution in [0.1, 0.15) is 5.89 Å². The number of aromatic nitrogens is 2. The normalized spacial score (nSPS) is 9.18. The van der Waals surface area contributed by atoms with Crippen molar-refractivity contribution in [2.45, 2.75) is 5.88 Å². The molecule has 8 heteroatoms. The lowest BCUT2D eigenvalue weighted by Crippen LogP contribution is -2.02. The van der Waals surface area contributed by atoms with Gasteiger partial charge in [0, 0.05) is 5.56 Å². The van der Waals surface area contributed by atoms with Crippen molar-refractivity contribution in [3.05, 3.63) is 41.4 Å². The number of alkyl halides is 1. The van der Waals surface area contributed by atoms with E-state index in [2.05, 4.69) is 15.5 Å². The van der Waals surface area contributed by atoms with Gasteiger partial charge in [-0.1, -0.05) is 17.3 Å². The first kappa shape index (κ1) is 15.1. The number of nitrogens with one attached hydrogen (secondary N) is 1. The summed E-state index contributed by atoms with van der Waals surface area (Å²) in [7, 11) is 0. The van der Waals surface area contributed by atoms with E-state index in [1.165, 1.54) is 0 Å². The number of nitriles is 3. The quantitative estimate of drug-likeness (QED) is 0.680. The molecule has 1 aromatic heterocycles. The number of allylic oxidation sites excluding steroid dienone is 2. The molecule has 0 amide bonds. The molecule has 0 aliphatic rings. The van der Waals surface area contributed by atoms with Crippen molar-refractivity contribution in [1.82, 2.24) is 10.1 Å². The van der Waals surface area contributed by atoms with Crippen LogP contribution in [0.4, 0.5) is 5.69 Å². The van der Waals surface area contributed by atoms with Gasteiger partial charge >= 0.3 is 0 Å². The molecule has 2 aromatic rings. The highest BCUT2D eigenvalue weighted by Gasteiger charge is 2.14. The van der Waals surface area contributed by atoms with Gasteiger partial charge in [0.1, 0.15) is 29.8 Å². The Bertz CT molecular complexity index is 833. The molecule has 0 aliphatic carbocycles. The van der Waals surface area contributed by atoms with Gasteiger partial charge in [0.05, 0.1) is 5.69 Å². The smallest absolute Gasteiger partial charge is 0.241 e. The fourth-order valence-electron chi connectivity index (χ4n) is 1.62. The summed E-state index contributed by atoms with van der Waals surface area (Å²) in [5.41, 5.74) is 0.542. The van der Waals surface area contributed by atoms with Crippen molar-refractivity contribution >= 4 is 17.3 Å². The van der Waals surface area contributed by atoms with Crippen LogP contribution >= 0.6 is 11.6 Å². The fourth-order valence-corrected chi connectivity index (χ4v) is 1.73. The van der Waals surface area contributed by atoms with Crippen LogP contribution in [0.2, 0.25) is 0 Å². The number of hydrogen-bond acceptors (Lipinski definition) is 7. The third-order valence-electron chi connectivity index (χ3n) is 2.60. The lowest BCUT2D eigenvalue weighted by atomic mass is 10.1. The maximum Gasteiger partial charge on any atom is 0.241 e. The van der Waals surface area contributed by atoms with E-state index in [1.807, 2.05) is 0 Å². The van der Waals surface area contributed by atoms with E-state index in [0.29, 0.717) is 11.3 Å². The molecule has 7 nitrogen and oxygen atoms in total. The highest BCUT2D eigenvalue weighted by Crippen LogP contribution is 2.27. The molecular formula is C14H7ClN6O. The Balaban J connectivity index is 2.46. The van der Waals surface area contributed by atoms with Crippen molar-refractivity contribution < 1.29 is 4.52 Å². The summed E-state index contributed by atoms with van der Waals surface area (Å²) in [6.45, 7) is 0. The topological polar surface area (TPSA) is 122 Å². The molecular weight excluding hydrogens is 304 g/mol. The zero-order chi connectivity index (χ0) is 15.9. The molecule has 1 aromatic carbocycles. The Labute approximate surface area is 130 Å². The first-order chi connectivity index (χ1) is 10.7. The molecule has 22 heavy (non-hydrogen) atoms. The number of benzene rings is 1.